The first kappa shape index (κ1) is 10.1. The van der Waals surface area contributed by atoms with E-state index in [1.54, 1.807) is 13.3 Å². The highest BCUT2D eigenvalue weighted by molar-refractivity contribution is 5.74. The minimum Gasteiger partial charge on any atom is -0.371 e. The van der Waals surface area contributed by atoms with Crippen LogP contribution in [0, 0.1) is 6.92 Å². The number of nitrogens with zero attached hydrogens (tertiary/aromatic N) is 2. The van der Waals surface area contributed by atoms with Crippen LogP contribution < -0.4 is 0 Å². The van der Waals surface area contributed by atoms with Gasteiger partial charge in [-0.1, -0.05) is 0 Å². The van der Waals surface area contributed by atoms with Crippen molar-refractivity contribution in [2.75, 3.05) is 7.11 Å². The summed E-state index contributed by atoms with van der Waals surface area (Å²) in [6, 6.07) is 1.96. The molecule has 0 bridgehead atoms. The molecule has 0 unspecified atom stereocenters. The van der Waals surface area contributed by atoms with Gasteiger partial charge in [0.2, 0.25) is 0 Å². The Balaban J connectivity index is 2.62. The van der Waals surface area contributed by atoms with Crippen LogP contribution in [0.3, 0.4) is 0 Å². The largest absolute Gasteiger partial charge is 0.371 e. The van der Waals surface area contributed by atoms with Crippen LogP contribution in [0.25, 0.3) is 11.2 Å². The van der Waals surface area contributed by atoms with Gasteiger partial charge in [-0.05, 0) is 32.4 Å². The zero-order valence-corrected chi connectivity index (χ0v) is 9.46. The van der Waals surface area contributed by atoms with E-state index >= 15 is 0 Å². The number of pyridine rings is 1. The number of rotatable bonds is 2. The third-order valence-electron chi connectivity index (χ3n) is 2.68. The van der Waals surface area contributed by atoms with Gasteiger partial charge in [-0.3, -0.25) is 0 Å². The molecule has 0 fully saturated rings. The summed E-state index contributed by atoms with van der Waals surface area (Å²) in [7, 11) is 1.67. The van der Waals surface area contributed by atoms with Crippen LogP contribution in [0.4, 0.5) is 0 Å². The number of hydrogen-bond donors (Lipinski definition) is 1. The van der Waals surface area contributed by atoms with E-state index < -0.39 is 5.60 Å². The van der Waals surface area contributed by atoms with Crippen LogP contribution in [0.2, 0.25) is 0 Å². The smallest absolute Gasteiger partial charge is 0.178 e. The van der Waals surface area contributed by atoms with E-state index in [1.165, 1.54) is 0 Å². The maximum absolute atomic E-state index is 5.37. The number of H-pyrrole nitrogens is 1. The van der Waals surface area contributed by atoms with E-state index in [0.29, 0.717) is 0 Å². The highest BCUT2D eigenvalue weighted by Gasteiger charge is 2.24. The first-order valence-electron chi connectivity index (χ1n) is 4.91. The topological polar surface area (TPSA) is 50.8 Å². The van der Waals surface area contributed by atoms with E-state index in [-0.39, 0.29) is 0 Å². The highest BCUT2D eigenvalue weighted by Crippen LogP contribution is 2.23. The summed E-state index contributed by atoms with van der Waals surface area (Å²) in [6.07, 6.45) is 1.77. The molecular weight excluding hydrogens is 190 g/mol. The van der Waals surface area contributed by atoms with Crippen molar-refractivity contribution in [3.63, 3.8) is 0 Å². The number of fused-ring (bicyclic) bond motifs is 1. The van der Waals surface area contributed by atoms with E-state index in [2.05, 4.69) is 15.0 Å². The number of imidazole rings is 1. The molecule has 0 radical (unpaired) electrons. The predicted molar refractivity (Wildman–Crippen MR) is 58.7 cm³/mol. The van der Waals surface area contributed by atoms with Crippen LogP contribution in [0.5, 0.6) is 0 Å². The van der Waals surface area contributed by atoms with Crippen molar-refractivity contribution in [2.45, 2.75) is 26.4 Å². The molecule has 0 atom stereocenters. The third-order valence-corrected chi connectivity index (χ3v) is 2.68. The van der Waals surface area contributed by atoms with Crippen LogP contribution in [-0.4, -0.2) is 22.1 Å². The third kappa shape index (κ3) is 1.61. The molecule has 0 aliphatic carbocycles. The van der Waals surface area contributed by atoms with Gasteiger partial charge in [-0.25, -0.2) is 9.97 Å². The fourth-order valence-corrected chi connectivity index (χ4v) is 1.42. The average Bonchev–Trinajstić information content (AvgIpc) is 2.64. The number of nitrogens with one attached hydrogen (secondary N) is 1. The second-order valence-corrected chi connectivity index (χ2v) is 4.13. The van der Waals surface area contributed by atoms with Gasteiger partial charge >= 0.3 is 0 Å². The molecule has 0 saturated carbocycles. The average molecular weight is 205 g/mol. The van der Waals surface area contributed by atoms with Crippen molar-refractivity contribution in [1.82, 2.24) is 15.0 Å². The molecule has 0 aliphatic heterocycles. The molecule has 1 N–H and O–H groups in total. The van der Waals surface area contributed by atoms with Crippen LogP contribution >= 0.6 is 0 Å². The Bertz CT molecular complexity index is 488. The summed E-state index contributed by atoms with van der Waals surface area (Å²) in [5, 5.41) is 0. The number of aryl methyl sites for hydroxylation is 1. The summed E-state index contributed by atoms with van der Waals surface area (Å²) in [6.45, 7) is 5.98. The van der Waals surface area contributed by atoms with Crippen molar-refractivity contribution in [1.29, 1.82) is 0 Å². The number of ether oxygens (including phenoxy) is 1. The van der Waals surface area contributed by atoms with Gasteiger partial charge in [-0.15, -0.1) is 0 Å². The highest BCUT2D eigenvalue weighted by atomic mass is 16.5. The Labute approximate surface area is 88.7 Å². The molecule has 2 heterocycles. The second-order valence-electron chi connectivity index (χ2n) is 4.13. The van der Waals surface area contributed by atoms with Gasteiger partial charge in [0.1, 0.15) is 11.4 Å². The molecule has 0 spiro atoms. The molecular formula is C11H15N3O. The molecule has 4 heteroatoms. The molecule has 0 saturated heterocycles. The molecule has 0 aromatic carbocycles. The van der Waals surface area contributed by atoms with Gasteiger partial charge in [0, 0.05) is 13.3 Å². The van der Waals surface area contributed by atoms with E-state index in [9.17, 15) is 0 Å². The van der Waals surface area contributed by atoms with Gasteiger partial charge in [-0.2, -0.15) is 0 Å². The van der Waals surface area contributed by atoms with Crippen molar-refractivity contribution in [3.8, 4) is 0 Å². The minimum atomic E-state index is -0.410. The Morgan fingerprint density at radius 2 is 2.13 bits per heavy atom. The van der Waals surface area contributed by atoms with Crippen LogP contribution in [-0.2, 0) is 10.3 Å². The Hall–Kier alpha value is -1.42. The number of methoxy groups -OCH3 is 1. The monoisotopic (exact) mass is 205 g/mol. The lowest BCUT2D eigenvalue weighted by Crippen LogP contribution is -2.21. The van der Waals surface area contributed by atoms with E-state index in [1.807, 2.05) is 26.8 Å². The van der Waals surface area contributed by atoms with Crippen molar-refractivity contribution in [3.05, 3.63) is 23.7 Å². The zero-order chi connectivity index (χ0) is 11.1. The first-order chi connectivity index (χ1) is 7.04. The molecule has 2 aromatic rings. The summed E-state index contributed by atoms with van der Waals surface area (Å²) >= 11 is 0. The Kier molecular flexibility index (Phi) is 2.23. The van der Waals surface area contributed by atoms with Crippen LogP contribution in [0.15, 0.2) is 12.3 Å². The lowest BCUT2D eigenvalue weighted by atomic mass is 10.1. The number of aromatic nitrogens is 3. The van der Waals surface area contributed by atoms with Crippen LogP contribution in [0.1, 0.15) is 25.2 Å². The fourth-order valence-electron chi connectivity index (χ4n) is 1.42. The minimum absolute atomic E-state index is 0.410. The summed E-state index contributed by atoms with van der Waals surface area (Å²) < 4.78 is 5.37. The SMILES string of the molecule is COC(C)(C)c1nc2nccc(C)c2[nH]1. The zero-order valence-electron chi connectivity index (χ0n) is 9.46. The maximum atomic E-state index is 5.37. The lowest BCUT2D eigenvalue weighted by Gasteiger charge is -2.19. The molecule has 0 amide bonds. The first-order valence-corrected chi connectivity index (χ1v) is 4.91. The van der Waals surface area contributed by atoms with Crippen molar-refractivity contribution >= 4 is 11.2 Å². The molecule has 2 rings (SSSR count). The van der Waals surface area contributed by atoms with Gasteiger partial charge in [0.25, 0.3) is 0 Å². The van der Waals surface area contributed by atoms with Crippen molar-refractivity contribution < 1.29 is 4.74 Å². The fraction of sp³-hybridized carbons (Fsp3) is 0.455. The predicted octanol–water partition coefficient (Wildman–Crippen LogP) is 2.15. The summed E-state index contributed by atoms with van der Waals surface area (Å²) in [5.41, 5.74) is 2.46. The maximum Gasteiger partial charge on any atom is 0.178 e. The Morgan fingerprint density at radius 3 is 2.73 bits per heavy atom. The standard InChI is InChI=1S/C11H15N3O/c1-7-5-6-12-9-8(7)13-10(14-9)11(2,3)15-4/h5-6H,1-4H3,(H,12,13,14). The quantitative estimate of drug-likeness (QED) is 0.817. The molecule has 15 heavy (non-hydrogen) atoms. The molecule has 2 aromatic heterocycles. The summed E-state index contributed by atoms with van der Waals surface area (Å²) in [5.74, 6) is 0.807. The number of hydrogen-bond acceptors (Lipinski definition) is 3. The van der Waals surface area contributed by atoms with Crippen molar-refractivity contribution in [2.24, 2.45) is 0 Å². The normalized spacial score (nSPS) is 12.3. The van der Waals surface area contributed by atoms with Gasteiger partial charge in [0.05, 0.1) is 5.52 Å². The molecule has 0 aliphatic rings. The molecule has 80 valence electrons. The van der Waals surface area contributed by atoms with Gasteiger partial charge < -0.3 is 9.72 Å². The summed E-state index contributed by atoms with van der Waals surface area (Å²) in [4.78, 5) is 11.9. The lowest BCUT2D eigenvalue weighted by molar-refractivity contribution is 0.0124. The van der Waals surface area contributed by atoms with E-state index in [0.717, 1.165) is 22.6 Å². The van der Waals surface area contributed by atoms with E-state index in [4.69, 9.17) is 4.74 Å². The number of aromatic amines is 1. The Morgan fingerprint density at radius 1 is 1.40 bits per heavy atom. The van der Waals surface area contributed by atoms with Gasteiger partial charge in [0.15, 0.2) is 5.65 Å². The second kappa shape index (κ2) is 3.31. The molecule has 4 nitrogen and oxygen atoms in total.